The van der Waals surface area contributed by atoms with Crippen molar-refractivity contribution >= 4 is 11.9 Å². The molecule has 0 bridgehead atoms. The van der Waals surface area contributed by atoms with E-state index in [9.17, 15) is 102 Å². The Morgan fingerprint density at radius 3 is 1.11 bits per heavy atom. The third-order valence-electron chi connectivity index (χ3n) is 5.13. The second-order valence-corrected chi connectivity index (χ2v) is 8.73. The Labute approximate surface area is 228 Å². The molecule has 0 rings (SSSR count). The maximum atomic E-state index is 14.0. The molecule has 0 fully saturated rings. The molecule has 0 atom stereocenters. The first-order valence-electron chi connectivity index (χ1n) is 10.5. The van der Waals surface area contributed by atoms with Crippen LogP contribution in [-0.2, 0) is 14.3 Å². The van der Waals surface area contributed by atoms with Gasteiger partial charge in [-0.25, -0.2) is 4.79 Å². The van der Waals surface area contributed by atoms with Gasteiger partial charge in [0.2, 0.25) is 0 Å². The van der Waals surface area contributed by atoms with Crippen LogP contribution in [0, 0.1) is 0 Å². The van der Waals surface area contributed by atoms with Crippen molar-refractivity contribution in [1.82, 2.24) is 0 Å². The Kier molecular flexibility index (Phi) is 10.8. The summed E-state index contributed by atoms with van der Waals surface area (Å²) in [6, 6.07) is 0. The van der Waals surface area contributed by atoms with Gasteiger partial charge in [0.25, 0.3) is 0 Å². The van der Waals surface area contributed by atoms with Crippen LogP contribution in [0.5, 0.6) is 0 Å². The second-order valence-electron chi connectivity index (χ2n) is 8.73. The molecule has 0 spiro atoms. The van der Waals surface area contributed by atoms with Gasteiger partial charge in [-0.3, -0.25) is 4.79 Å². The summed E-state index contributed by atoms with van der Waals surface area (Å²) >= 11 is 0. The van der Waals surface area contributed by atoms with Gasteiger partial charge in [-0.15, -0.1) is 0 Å². The maximum absolute atomic E-state index is 14.0. The lowest BCUT2D eigenvalue weighted by atomic mass is 9.86. The van der Waals surface area contributed by atoms with Crippen molar-refractivity contribution in [3.8, 4) is 0 Å². The minimum atomic E-state index is -9.31. The van der Waals surface area contributed by atoms with Crippen LogP contribution < -0.4 is 0 Å². The fourth-order valence-electron chi connectivity index (χ4n) is 2.68. The highest BCUT2D eigenvalue weighted by Gasteiger charge is 2.97. The minimum Gasteiger partial charge on any atom is -0.478 e. The number of hydrogen-bond acceptors (Lipinski definition) is 3. The molecule has 0 heterocycles. The molecule has 0 radical (unpaired) electrons. The smallest absolute Gasteiger partial charge is 0.460 e. The number of ether oxygens (including phenoxy) is 1. The summed E-state index contributed by atoms with van der Waals surface area (Å²) in [4.78, 5) is 22.3. The number of alkyl halides is 21. The summed E-state index contributed by atoms with van der Waals surface area (Å²) < 4.78 is 286. The third-order valence-corrected chi connectivity index (χ3v) is 5.13. The first-order valence-corrected chi connectivity index (χ1v) is 10.5. The van der Waals surface area contributed by atoms with E-state index in [0.29, 0.717) is 0 Å². The van der Waals surface area contributed by atoms with Crippen molar-refractivity contribution < 1.29 is 112 Å². The molecular formula is C19H13F21O4. The van der Waals surface area contributed by atoms with E-state index < -0.39 is 102 Å². The molecule has 0 aliphatic heterocycles. The van der Waals surface area contributed by atoms with Gasteiger partial charge in [0.05, 0.1) is 6.10 Å². The topological polar surface area (TPSA) is 63.6 Å². The number of halogens is 21. The average Bonchev–Trinajstić information content (AvgIpc) is 2.79. The maximum Gasteiger partial charge on any atom is 0.460 e. The van der Waals surface area contributed by atoms with Crippen molar-refractivity contribution in [2.45, 2.75) is 92.3 Å². The highest BCUT2D eigenvalue weighted by Crippen LogP contribution is 2.66. The zero-order valence-electron chi connectivity index (χ0n) is 20.7. The Bertz CT molecular complexity index is 1100. The molecule has 0 aliphatic rings. The number of carboxylic acid groups (broad SMARTS) is 1. The van der Waals surface area contributed by atoms with E-state index >= 15 is 0 Å². The van der Waals surface area contributed by atoms with Gasteiger partial charge in [-0.2, -0.15) is 92.2 Å². The minimum absolute atomic E-state index is 1.00. The van der Waals surface area contributed by atoms with Crippen LogP contribution in [0.15, 0.2) is 11.6 Å². The SMILES string of the molecule is CC(C)OC(=O)CCC(=CC(F)(F)C(F)(F)C(F)(F)C(F)(F)C(F)(F)C(F)(F)C(F)(F)C(F)(F)C(F)(F)C(F)(F)F)C(=O)O. The summed E-state index contributed by atoms with van der Waals surface area (Å²) in [7, 11) is 0. The Morgan fingerprint density at radius 1 is 0.545 bits per heavy atom. The molecule has 260 valence electrons. The fraction of sp³-hybridized carbons (Fsp3) is 0.789. The number of hydrogen-bond donors (Lipinski definition) is 1. The number of allylic oxidation sites excluding steroid dienone is 1. The van der Waals surface area contributed by atoms with E-state index in [-0.39, 0.29) is 0 Å². The number of carboxylic acids is 1. The number of carbonyl (C=O) groups is 2. The lowest BCUT2D eigenvalue weighted by Crippen LogP contribution is -2.76. The Hall–Kier alpha value is -2.79. The lowest BCUT2D eigenvalue weighted by molar-refractivity contribution is -0.473. The van der Waals surface area contributed by atoms with Gasteiger partial charge < -0.3 is 9.84 Å². The van der Waals surface area contributed by atoms with Crippen LogP contribution in [0.4, 0.5) is 92.2 Å². The number of aliphatic carboxylic acids is 1. The van der Waals surface area contributed by atoms with Crippen LogP contribution in [0.1, 0.15) is 26.7 Å². The first-order chi connectivity index (χ1) is 18.9. The van der Waals surface area contributed by atoms with Gasteiger partial charge >= 0.3 is 71.4 Å². The molecule has 0 aromatic rings. The zero-order chi connectivity index (χ0) is 36.1. The number of esters is 1. The molecule has 0 saturated heterocycles. The summed E-state index contributed by atoms with van der Waals surface area (Å²) in [5.41, 5.74) is -2.29. The van der Waals surface area contributed by atoms with E-state index in [1.54, 1.807) is 0 Å². The molecule has 44 heavy (non-hydrogen) atoms. The quantitative estimate of drug-likeness (QED) is 0.113. The molecule has 25 heteroatoms. The normalized spacial score (nSPS) is 16.0. The summed E-state index contributed by atoms with van der Waals surface area (Å²) in [5, 5.41) is 8.74. The molecule has 0 aromatic heterocycles. The monoisotopic (exact) mass is 704 g/mol. The predicted molar refractivity (Wildman–Crippen MR) is 96.8 cm³/mol. The fourth-order valence-corrected chi connectivity index (χ4v) is 2.68. The summed E-state index contributed by atoms with van der Waals surface area (Å²) in [6.07, 6.45) is -14.1. The van der Waals surface area contributed by atoms with Crippen LogP contribution in [0.2, 0.25) is 0 Å². The molecule has 1 N–H and O–H groups in total. The second kappa shape index (κ2) is 11.5. The van der Waals surface area contributed by atoms with Crippen molar-refractivity contribution in [2.75, 3.05) is 0 Å². The third kappa shape index (κ3) is 6.18. The van der Waals surface area contributed by atoms with E-state index in [1.165, 1.54) is 0 Å². The van der Waals surface area contributed by atoms with Crippen molar-refractivity contribution in [3.05, 3.63) is 11.6 Å². The predicted octanol–water partition coefficient (Wildman–Crippen LogP) is 8.01. The van der Waals surface area contributed by atoms with Crippen molar-refractivity contribution in [3.63, 3.8) is 0 Å². The molecule has 0 aromatic carbocycles. The summed E-state index contributed by atoms with van der Waals surface area (Å²) in [6.45, 7) is 2.28. The molecular weight excluding hydrogens is 691 g/mol. The highest BCUT2D eigenvalue weighted by atomic mass is 19.4. The van der Waals surface area contributed by atoms with Gasteiger partial charge in [0.1, 0.15) is 0 Å². The van der Waals surface area contributed by atoms with E-state index in [4.69, 9.17) is 5.11 Å². The largest absolute Gasteiger partial charge is 0.478 e. The van der Waals surface area contributed by atoms with Gasteiger partial charge in [-0.1, -0.05) is 0 Å². The standard InChI is InChI=1S/C19H13F21O4/c1-6(2)44-8(41)4-3-7(9(42)43)5-10(20,21)11(22,23)12(24,25)13(26,27)14(28,29)15(30,31)16(32,33)17(34,35)18(36,37)19(38,39)40/h5-6H,3-4H2,1-2H3,(H,42,43). The van der Waals surface area contributed by atoms with Crippen molar-refractivity contribution in [2.24, 2.45) is 0 Å². The van der Waals surface area contributed by atoms with Gasteiger partial charge in [0.15, 0.2) is 0 Å². The Balaban J connectivity index is 7.06. The summed E-state index contributed by atoms with van der Waals surface area (Å²) in [5.74, 6) is -83.3. The van der Waals surface area contributed by atoms with Crippen molar-refractivity contribution in [1.29, 1.82) is 0 Å². The number of carbonyl (C=O) groups excluding carboxylic acids is 1. The van der Waals surface area contributed by atoms with Crippen LogP contribution in [0.3, 0.4) is 0 Å². The Morgan fingerprint density at radius 2 is 0.841 bits per heavy atom. The number of rotatable bonds is 14. The molecule has 0 unspecified atom stereocenters. The van der Waals surface area contributed by atoms with Gasteiger partial charge in [0, 0.05) is 18.1 Å². The van der Waals surface area contributed by atoms with Crippen LogP contribution in [0.25, 0.3) is 0 Å². The van der Waals surface area contributed by atoms with E-state index in [2.05, 4.69) is 4.74 Å². The molecule has 0 saturated carbocycles. The van der Waals surface area contributed by atoms with E-state index in [0.717, 1.165) is 13.8 Å². The highest BCUT2D eigenvalue weighted by molar-refractivity contribution is 5.87. The molecule has 4 nitrogen and oxygen atoms in total. The lowest BCUT2D eigenvalue weighted by Gasteiger charge is -2.44. The first kappa shape index (κ1) is 41.2. The van der Waals surface area contributed by atoms with Crippen LogP contribution in [-0.4, -0.2) is 82.6 Å². The molecule has 0 aliphatic carbocycles. The average molecular weight is 704 g/mol. The van der Waals surface area contributed by atoms with Gasteiger partial charge in [-0.05, 0) is 20.3 Å². The zero-order valence-corrected chi connectivity index (χ0v) is 20.7. The molecule has 0 amide bonds. The van der Waals surface area contributed by atoms with E-state index in [1.807, 2.05) is 0 Å². The van der Waals surface area contributed by atoms with Crippen LogP contribution >= 0.6 is 0 Å².